The van der Waals surface area contributed by atoms with Gasteiger partial charge in [-0.25, -0.2) is 8.42 Å². The maximum Gasteiger partial charge on any atom is 0.239 e. The van der Waals surface area contributed by atoms with Gasteiger partial charge in [-0.05, 0) is 60.6 Å². The van der Waals surface area contributed by atoms with E-state index in [4.69, 9.17) is 9.47 Å². The Morgan fingerprint density at radius 1 is 0.931 bits per heavy atom. The molecule has 0 aromatic heterocycles. The van der Waals surface area contributed by atoms with Crippen LogP contribution < -0.4 is 9.47 Å². The van der Waals surface area contributed by atoms with E-state index < -0.39 is 10.0 Å². The molecule has 0 amide bonds. The van der Waals surface area contributed by atoms with E-state index in [9.17, 15) is 8.42 Å². The second kappa shape index (κ2) is 7.50. The number of ether oxygens (including phenoxy) is 2. The summed E-state index contributed by atoms with van der Waals surface area (Å²) in [5.41, 5.74) is 3.21. The van der Waals surface area contributed by atoms with Crippen LogP contribution in [0.3, 0.4) is 0 Å². The molecule has 2 aliphatic heterocycles. The summed E-state index contributed by atoms with van der Waals surface area (Å²) in [5.74, 6) is 1.46. The van der Waals surface area contributed by atoms with E-state index in [0.717, 1.165) is 48.3 Å². The van der Waals surface area contributed by atoms with Crippen LogP contribution >= 0.6 is 0 Å². The minimum Gasteiger partial charge on any atom is -0.490 e. The molecule has 0 spiro atoms. The smallest absolute Gasteiger partial charge is 0.239 e. The van der Waals surface area contributed by atoms with Gasteiger partial charge in [-0.2, -0.15) is 4.31 Å². The third-order valence-corrected chi connectivity index (χ3v) is 8.05. The molecule has 3 aliphatic rings. The van der Waals surface area contributed by atoms with Crippen LogP contribution in [-0.2, 0) is 16.4 Å². The van der Waals surface area contributed by atoms with E-state index in [2.05, 4.69) is 6.07 Å². The number of sulfonamides is 1. The fourth-order valence-electron chi connectivity index (χ4n) is 4.51. The molecule has 2 aromatic carbocycles. The highest BCUT2D eigenvalue weighted by molar-refractivity contribution is 7.93. The number of allylic oxidation sites excluding steroid dienone is 1. The van der Waals surface area contributed by atoms with Crippen LogP contribution in [0.1, 0.15) is 48.4 Å². The number of aryl methyl sites for hydroxylation is 1. The van der Waals surface area contributed by atoms with Crippen molar-refractivity contribution < 1.29 is 17.9 Å². The van der Waals surface area contributed by atoms with E-state index in [-0.39, 0.29) is 6.04 Å². The molecule has 2 heterocycles. The summed E-state index contributed by atoms with van der Waals surface area (Å²) in [5, 5.41) is 0. The van der Waals surface area contributed by atoms with Gasteiger partial charge < -0.3 is 9.47 Å². The molecule has 6 heteroatoms. The van der Waals surface area contributed by atoms with Gasteiger partial charge >= 0.3 is 0 Å². The Morgan fingerprint density at radius 2 is 1.76 bits per heavy atom. The number of hydrogen-bond donors (Lipinski definition) is 0. The molecule has 1 atom stereocenters. The number of rotatable bonds is 3. The van der Waals surface area contributed by atoms with Crippen LogP contribution in [0.4, 0.5) is 0 Å². The van der Waals surface area contributed by atoms with Crippen molar-refractivity contribution in [3.63, 3.8) is 0 Å². The average Bonchev–Trinajstić information content (AvgIpc) is 3.13. The molecule has 0 radical (unpaired) electrons. The van der Waals surface area contributed by atoms with Gasteiger partial charge in [0.05, 0.1) is 24.2 Å². The molecule has 0 saturated carbocycles. The Kier molecular flexibility index (Phi) is 4.84. The van der Waals surface area contributed by atoms with Crippen molar-refractivity contribution in [3.05, 3.63) is 64.1 Å². The lowest BCUT2D eigenvalue weighted by Crippen LogP contribution is -2.32. The van der Waals surface area contributed by atoms with Crippen molar-refractivity contribution in [2.45, 2.75) is 38.1 Å². The highest BCUT2D eigenvalue weighted by Gasteiger charge is 2.38. The quantitative estimate of drug-likeness (QED) is 0.756. The third-order valence-electron chi connectivity index (χ3n) is 6.01. The van der Waals surface area contributed by atoms with Gasteiger partial charge in [0, 0.05) is 13.0 Å². The number of hydrogen-bond acceptors (Lipinski definition) is 4. The predicted octanol–water partition coefficient (Wildman–Crippen LogP) is 4.30. The molecular formula is C23H25NO4S. The van der Waals surface area contributed by atoms with Crippen LogP contribution in [-0.4, -0.2) is 32.5 Å². The Labute approximate surface area is 172 Å². The first-order valence-corrected chi connectivity index (χ1v) is 11.8. The van der Waals surface area contributed by atoms with Crippen molar-refractivity contribution in [1.29, 1.82) is 0 Å². The van der Waals surface area contributed by atoms with Crippen molar-refractivity contribution >= 4 is 16.1 Å². The lowest BCUT2D eigenvalue weighted by atomic mass is 9.98. The van der Waals surface area contributed by atoms with Crippen molar-refractivity contribution in [2.75, 3.05) is 19.8 Å². The molecule has 1 saturated heterocycles. The van der Waals surface area contributed by atoms with Gasteiger partial charge in [0.2, 0.25) is 10.0 Å². The number of benzene rings is 2. The fourth-order valence-corrected chi connectivity index (χ4v) is 6.38. The zero-order valence-corrected chi connectivity index (χ0v) is 17.2. The summed E-state index contributed by atoms with van der Waals surface area (Å²) in [7, 11) is -3.51. The first-order chi connectivity index (χ1) is 14.1. The van der Waals surface area contributed by atoms with Crippen LogP contribution in [0.2, 0.25) is 0 Å². The maximum atomic E-state index is 13.5. The van der Waals surface area contributed by atoms with E-state index in [1.807, 2.05) is 42.5 Å². The zero-order valence-electron chi connectivity index (χ0n) is 16.3. The summed E-state index contributed by atoms with van der Waals surface area (Å²) in [4.78, 5) is 0.525. The lowest BCUT2D eigenvalue weighted by Gasteiger charge is -2.27. The van der Waals surface area contributed by atoms with Gasteiger partial charge in [0.25, 0.3) is 0 Å². The van der Waals surface area contributed by atoms with Gasteiger partial charge in [-0.3, -0.25) is 0 Å². The number of fused-ring (bicyclic) bond motifs is 2. The average molecular weight is 412 g/mol. The summed E-state index contributed by atoms with van der Waals surface area (Å²) in [6.45, 7) is 1.82. The Hall–Kier alpha value is -2.31. The zero-order chi connectivity index (χ0) is 19.8. The fraction of sp³-hybridized carbons (Fsp3) is 0.391. The number of nitrogens with zero attached hydrogens (tertiary/aromatic N) is 1. The van der Waals surface area contributed by atoms with E-state index in [1.165, 1.54) is 5.56 Å². The molecule has 0 N–H and O–H groups in total. The topological polar surface area (TPSA) is 55.8 Å². The van der Waals surface area contributed by atoms with Gasteiger partial charge in [-0.15, -0.1) is 0 Å². The summed E-state index contributed by atoms with van der Waals surface area (Å²) < 4.78 is 40.3. The Morgan fingerprint density at radius 3 is 2.66 bits per heavy atom. The normalized spacial score (nSPS) is 21.9. The monoisotopic (exact) mass is 411 g/mol. The van der Waals surface area contributed by atoms with Crippen LogP contribution in [0.15, 0.2) is 47.4 Å². The van der Waals surface area contributed by atoms with Crippen molar-refractivity contribution in [3.8, 4) is 11.5 Å². The minimum absolute atomic E-state index is 0.157. The standard InChI is InChI=1S/C23H25NO4S/c25-29(26,20-10-8-17-5-1-2-6-18(17)15-20)24-12-3-7-21(24)19-9-11-22-23(16-19)28-14-4-13-27-22/h1-2,5-6,9,11,15-16,21H,3-4,7-8,10,12-14H2/t21-/m1/s1. The molecule has 5 rings (SSSR count). The Bertz CT molecular complexity index is 1060. The maximum absolute atomic E-state index is 13.5. The largest absolute Gasteiger partial charge is 0.490 e. The Balaban J connectivity index is 1.47. The second-order valence-corrected chi connectivity index (χ2v) is 9.78. The summed E-state index contributed by atoms with van der Waals surface area (Å²) >= 11 is 0. The van der Waals surface area contributed by atoms with Crippen molar-refractivity contribution in [1.82, 2.24) is 4.31 Å². The molecule has 1 aliphatic carbocycles. The van der Waals surface area contributed by atoms with Crippen LogP contribution in [0, 0.1) is 0 Å². The second-order valence-electron chi connectivity index (χ2n) is 7.84. The molecule has 152 valence electrons. The molecule has 2 aromatic rings. The molecule has 0 bridgehead atoms. The molecule has 0 unspecified atom stereocenters. The molecule has 29 heavy (non-hydrogen) atoms. The first kappa shape index (κ1) is 18.7. The molecular weight excluding hydrogens is 386 g/mol. The highest BCUT2D eigenvalue weighted by Crippen LogP contribution is 2.41. The van der Waals surface area contributed by atoms with E-state index in [0.29, 0.717) is 31.1 Å². The summed E-state index contributed by atoms with van der Waals surface area (Å²) in [6, 6.07) is 13.7. The van der Waals surface area contributed by atoms with Crippen LogP contribution in [0.25, 0.3) is 6.08 Å². The molecule has 1 fully saturated rings. The van der Waals surface area contributed by atoms with E-state index >= 15 is 0 Å². The SMILES string of the molecule is O=S(=O)(C1=Cc2ccccc2CC1)N1CCC[C@@H]1c1ccc2c(c1)OCCCO2. The van der Waals surface area contributed by atoms with Gasteiger partial charge in [-0.1, -0.05) is 30.3 Å². The first-order valence-electron chi connectivity index (χ1n) is 10.3. The van der Waals surface area contributed by atoms with Gasteiger partial charge in [0.15, 0.2) is 11.5 Å². The summed E-state index contributed by atoms with van der Waals surface area (Å²) in [6.07, 6.45) is 5.72. The predicted molar refractivity (Wildman–Crippen MR) is 112 cm³/mol. The third kappa shape index (κ3) is 3.45. The lowest BCUT2D eigenvalue weighted by molar-refractivity contribution is 0.296. The van der Waals surface area contributed by atoms with Crippen molar-refractivity contribution in [2.24, 2.45) is 0 Å². The van der Waals surface area contributed by atoms with Gasteiger partial charge in [0.1, 0.15) is 0 Å². The highest BCUT2D eigenvalue weighted by atomic mass is 32.2. The van der Waals surface area contributed by atoms with Crippen LogP contribution in [0.5, 0.6) is 11.5 Å². The molecule has 5 nitrogen and oxygen atoms in total. The minimum atomic E-state index is -3.51. The van der Waals surface area contributed by atoms with E-state index in [1.54, 1.807) is 4.31 Å².